The van der Waals surface area contributed by atoms with Crippen LogP contribution in [0.5, 0.6) is 0 Å². The number of amides is 1. The monoisotopic (exact) mass is 339 g/mol. The lowest BCUT2D eigenvalue weighted by molar-refractivity contribution is -0.116. The van der Waals surface area contributed by atoms with E-state index in [0.29, 0.717) is 5.56 Å². The van der Waals surface area contributed by atoms with E-state index in [-0.39, 0.29) is 24.6 Å². The number of carbonyl (C=O) groups is 2. The van der Waals surface area contributed by atoms with Gasteiger partial charge >= 0.3 is 6.09 Å². The predicted octanol–water partition coefficient (Wildman–Crippen LogP) is 4.30. The zero-order valence-corrected chi connectivity index (χ0v) is 13.8. The quantitative estimate of drug-likeness (QED) is 0.837. The molecule has 2 aromatic rings. The molecule has 0 N–H and O–H groups in total. The van der Waals surface area contributed by atoms with E-state index < -0.39 is 12.1 Å². The highest BCUT2D eigenvalue weighted by molar-refractivity contribution is 5.92. The van der Waals surface area contributed by atoms with Crippen LogP contribution in [-0.2, 0) is 16.1 Å². The van der Waals surface area contributed by atoms with Crippen molar-refractivity contribution >= 4 is 11.9 Å². The van der Waals surface area contributed by atoms with E-state index in [0.717, 1.165) is 11.1 Å². The highest BCUT2D eigenvalue weighted by Crippen LogP contribution is 2.31. The Balaban J connectivity index is 1.80. The summed E-state index contributed by atoms with van der Waals surface area (Å²) >= 11 is 0. The van der Waals surface area contributed by atoms with E-state index in [1.54, 1.807) is 13.0 Å². The first kappa shape index (κ1) is 16.9. The smallest absolute Gasteiger partial charge is 0.414 e. The summed E-state index contributed by atoms with van der Waals surface area (Å²) in [5.74, 6) is -0.432. The van der Waals surface area contributed by atoms with Crippen LogP contribution in [-0.4, -0.2) is 16.8 Å². The number of allylic oxidation sites excluding steroid dienone is 1. The molecule has 4 nitrogen and oxygen atoms in total. The molecule has 5 heteroatoms. The Kier molecular flexibility index (Phi) is 4.93. The van der Waals surface area contributed by atoms with E-state index in [2.05, 4.69) is 0 Å². The number of halogens is 1. The van der Waals surface area contributed by atoms with Crippen molar-refractivity contribution in [1.82, 2.24) is 4.90 Å². The first-order valence-electron chi connectivity index (χ1n) is 8.00. The van der Waals surface area contributed by atoms with Crippen LogP contribution in [0.4, 0.5) is 9.18 Å². The minimum absolute atomic E-state index is 0.0826. The molecule has 1 atom stereocenters. The van der Waals surface area contributed by atoms with Gasteiger partial charge in [0.25, 0.3) is 0 Å². The molecule has 1 aliphatic heterocycles. The second-order valence-corrected chi connectivity index (χ2v) is 5.95. The van der Waals surface area contributed by atoms with E-state index in [1.165, 1.54) is 29.3 Å². The number of carbonyl (C=O) groups excluding carboxylic acids is 2. The van der Waals surface area contributed by atoms with E-state index in [9.17, 15) is 14.0 Å². The molecular weight excluding hydrogens is 321 g/mol. The molecular formula is C20H18FNO3. The van der Waals surface area contributed by atoms with Gasteiger partial charge < -0.3 is 4.74 Å². The van der Waals surface area contributed by atoms with Gasteiger partial charge in [0.15, 0.2) is 5.78 Å². The fourth-order valence-electron chi connectivity index (χ4n) is 2.88. The molecule has 25 heavy (non-hydrogen) atoms. The van der Waals surface area contributed by atoms with Gasteiger partial charge in [0, 0.05) is 12.6 Å². The van der Waals surface area contributed by atoms with Gasteiger partial charge in [0.1, 0.15) is 12.4 Å². The molecule has 0 spiro atoms. The third kappa shape index (κ3) is 3.94. The van der Waals surface area contributed by atoms with Crippen LogP contribution >= 0.6 is 0 Å². The van der Waals surface area contributed by atoms with Crippen LogP contribution in [0.25, 0.3) is 0 Å². The molecule has 3 rings (SSSR count). The number of ketones is 1. The Morgan fingerprint density at radius 1 is 1.24 bits per heavy atom. The van der Waals surface area contributed by atoms with Crippen LogP contribution in [0.3, 0.4) is 0 Å². The zero-order chi connectivity index (χ0) is 17.8. The van der Waals surface area contributed by atoms with E-state index in [4.69, 9.17) is 4.74 Å². The van der Waals surface area contributed by atoms with Gasteiger partial charge in [-0.1, -0.05) is 36.4 Å². The second-order valence-electron chi connectivity index (χ2n) is 5.95. The second kappa shape index (κ2) is 7.30. The average molecular weight is 339 g/mol. The summed E-state index contributed by atoms with van der Waals surface area (Å²) in [6.07, 6.45) is 2.40. The number of aryl methyl sites for hydroxylation is 1. The van der Waals surface area contributed by atoms with Crippen molar-refractivity contribution in [1.29, 1.82) is 0 Å². The summed E-state index contributed by atoms with van der Waals surface area (Å²) in [5, 5.41) is 0. The third-order valence-corrected chi connectivity index (χ3v) is 4.16. The van der Waals surface area contributed by atoms with Crippen molar-refractivity contribution in [2.75, 3.05) is 0 Å². The van der Waals surface area contributed by atoms with Crippen LogP contribution < -0.4 is 0 Å². The number of ether oxygens (including phenoxy) is 1. The minimum Gasteiger partial charge on any atom is -0.444 e. The van der Waals surface area contributed by atoms with Gasteiger partial charge in [-0.3, -0.25) is 9.69 Å². The Morgan fingerprint density at radius 3 is 2.72 bits per heavy atom. The van der Waals surface area contributed by atoms with Gasteiger partial charge in [-0.15, -0.1) is 0 Å². The number of rotatable bonds is 3. The number of benzene rings is 2. The molecule has 0 bridgehead atoms. The van der Waals surface area contributed by atoms with Crippen LogP contribution in [0, 0.1) is 12.7 Å². The largest absolute Gasteiger partial charge is 0.444 e. The van der Waals surface area contributed by atoms with Crippen molar-refractivity contribution in [3.05, 3.63) is 83.3 Å². The molecule has 1 unspecified atom stereocenters. The normalized spacial score (nSPS) is 16.8. The highest BCUT2D eigenvalue weighted by Gasteiger charge is 2.30. The molecule has 128 valence electrons. The molecule has 2 aromatic carbocycles. The molecule has 1 heterocycles. The van der Waals surface area contributed by atoms with E-state index >= 15 is 0 Å². The molecule has 1 amide bonds. The first-order chi connectivity index (χ1) is 12.0. The maximum atomic E-state index is 13.4. The standard InChI is InChI=1S/C20H18FNO3/c1-14-11-16(21)7-8-18(14)19-12-17(23)9-10-22(19)20(24)25-13-15-5-3-2-4-6-15/h2-11,19H,12-13H2,1H3. The summed E-state index contributed by atoms with van der Waals surface area (Å²) < 4.78 is 18.7. The summed E-state index contributed by atoms with van der Waals surface area (Å²) in [4.78, 5) is 25.7. The Labute approximate surface area is 145 Å². The molecule has 0 radical (unpaired) electrons. The molecule has 0 fully saturated rings. The highest BCUT2D eigenvalue weighted by atomic mass is 19.1. The average Bonchev–Trinajstić information content (AvgIpc) is 2.60. The number of hydrogen-bond acceptors (Lipinski definition) is 3. The Morgan fingerprint density at radius 2 is 2.00 bits per heavy atom. The predicted molar refractivity (Wildman–Crippen MR) is 91.1 cm³/mol. The lowest BCUT2D eigenvalue weighted by Crippen LogP contribution is -2.35. The third-order valence-electron chi connectivity index (χ3n) is 4.16. The van der Waals surface area contributed by atoms with Crippen LogP contribution in [0.1, 0.15) is 29.2 Å². The van der Waals surface area contributed by atoms with Crippen molar-refractivity contribution in [3.63, 3.8) is 0 Å². The molecule has 0 saturated heterocycles. The lowest BCUT2D eigenvalue weighted by atomic mass is 9.94. The minimum atomic E-state index is -0.540. The van der Waals surface area contributed by atoms with Gasteiger partial charge in [-0.25, -0.2) is 9.18 Å². The first-order valence-corrected chi connectivity index (χ1v) is 8.00. The zero-order valence-electron chi connectivity index (χ0n) is 13.8. The fourth-order valence-corrected chi connectivity index (χ4v) is 2.88. The topological polar surface area (TPSA) is 46.6 Å². The summed E-state index contributed by atoms with van der Waals surface area (Å²) in [7, 11) is 0. The molecule has 0 saturated carbocycles. The summed E-state index contributed by atoms with van der Waals surface area (Å²) in [6.45, 7) is 1.90. The van der Waals surface area contributed by atoms with Crippen LogP contribution in [0.2, 0.25) is 0 Å². The molecule has 1 aliphatic rings. The van der Waals surface area contributed by atoms with Gasteiger partial charge in [0.05, 0.1) is 6.04 Å². The van der Waals surface area contributed by atoms with Gasteiger partial charge in [0.2, 0.25) is 0 Å². The molecule has 0 aromatic heterocycles. The van der Waals surface area contributed by atoms with Crippen molar-refractivity contribution in [3.8, 4) is 0 Å². The van der Waals surface area contributed by atoms with E-state index in [1.807, 2.05) is 30.3 Å². The van der Waals surface area contributed by atoms with Crippen LogP contribution in [0.15, 0.2) is 60.8 Å². The lowest BCUT2D eigenvalue weighted by Gasteiger charge is -2.31. The summed E-state index contributed by atoms with van der Waals surface area (Å²) in [5.41, 5.74) is 2.30. The SMILES string of the molecule is Cc1cc(F)ccc1C1CC(=O)C=CN1C(=O)OCc1ccccc1. The van der Waals surface area contributed by atoms with Crippen molar-refractivity contribution in [2.24, 2.45) is 0 Å². The van der Waals surface area contributed by atoms with Gasteiger partial charge in [-0.05, 0) is 41.8 Å². The Hall–Kier alpha value is -2.95. The maximum Gasteiger partial charge on any atom is 0.414 e. The molecule has 0 aliphatic carbocycles. The van der Waals surface area contributed by atoms with Gasteiger partial charge in [-0.2, -0.15) is 0 Å². The number of nitrogens with zero attached hydrogens (tertiary/aromatic N) is 1. The maximum absolute atomic E-state index is 13.4. The summed E-state index contributed by atoms with van der Waals surface area (Å²) in [6, 6.07) is 13.2. The number of hydrogen-bond donors (Lipinski definition) is 0. The van der Waals surface area contributed by atoms with Crippen molar-refractivity contribution in [2.45, 2.75) is 26.0 Å². The Bertz CT molecular complexity index is 817. The van der Waals surface area contributed by atoms with Crippen molar-refractivity contribution < 1.29 is 18.7 Å². The fraction of sp³-hybridized carbons (Fsp3) is 0.200.